The highest BCUT2D eigenvalue weighted by atomic mass is 32.1. The van der Waals surface area contributed by atoms with Gasteiger partial charge in [0.1, 0.15) is 0 Å². The van der Waals surface area contributed by atoms with Gasteiger partial charge in [0, 0.05) is 16.6 Å². The van der Waals surface area contributed by atoms with Gasteiger partial charge in [-0.15, -0.1) is 11.3 Å². The van der Waals surface area contributed by atoms with E-state index in [2.05, 4.69) is 15.4 Å². The molecule has 2 aromatic heterocycles. The molecule has 27 heavy (non-hydrogen) atoms. The predicted molar refractivity (Wildman–Crippen MR) is 103 cm³/mol. The Morgan fingerprint density at radius 1 is 1.26 bits per heavy atom. The van der Waals surface area contributed by atoms with Crippen molar-refractivity contribution in [3.63, 3.8) is 0 Å². The number of aryl methyl sites for hydroxylation is 2. The van der Waals surface area contributed by atoms with Gasteiger partial charge < -0.3 is 4.74 Å². The molecule has 1 amide bonds. The summed E-state index contributed by atoms with van der Waals surface area (Å²) in [4.78, 5) is 28.3. The minimum atomic E-state index is -0.335. The summed E-state index contributed by atoms with van der Waals surface area (Å²) in [6, 6.07) is 9.21. The molecule has 0 aliphatic rings. The lowest BCUT2D eigenvalue weighted by atomic mass is 10.2. The van der Waals surface area contributed by atoms with Crippen molar-refractivity contribution in [1.82, 2.24) is 14.8 Å². The lowest BCUT2D eigenvalue weighted by Crippen LogP contribution is -2.13. The first kappa shape index (κ1) is 18.8. The van der Waals surface area contributed by atoms with Crippen LogP contribution in [0.15, 0.2) is 35.7 Å². The Hall–Kier alpha value is -3.00. The average Bonchev–Trinajstić information content (AvgIpc) is 3.20. The smallest absolute Gasteiger partial charge is 0.311 e. The summed E-state index contributed by atoms with van der Waals surface area (Å²) in [6.45, 7) is 5.98. The Balaban J connectivity index is 1.72. The number of amides is 1. The zero-order valence-electron chi connectivity index (χ0n) is 15.4. The summed E-state index contributed by atoms with van der Waals surface area (Å²) in [5, 5.41) is 9.39. The van der Waals surface area contributed by atoms with E-state index in [1.807, 2.05) is 32.0 Å². The Labute approximate surface area is 161 Å². The van der Waals surface area contributed by atoms with Crippen LogP contribution in [0.5, 0.6) is 0 Å². The van der Waals surface area contributed by atoms with Crippen molar-refractivity contribution in [2.45, 2.75) is 27.2 Å². The normalized spacial score (nSPS) is 10.6. The number of rotatable bonds is 6. The molecule has 0 atom stereocenters. The third kappa shape index (κ3) is 4.59. The Bertz CT molecular complexity index is 977. The maximum absolute atomic E-state index is 12.6. The van der Waals surface area contributed by atoms with Crippen molar-refractivity contribution in [3.8, 4) is 5.69 Å². The molecule has 1 aromatic carbocycles. The van der Waals surface area contributed by atoms with Gasteiger partial charge in [0.15, 0.2) is 5.13 Å². The van der Waals surface area contributed by atoms with Crippen LogP contribution in [-0.4, -0.2) is 33.2 Å². The summed E-state index contributed by atoms with van der Waals surface area (Å²) in [7, 11) is 0. The quantitative estimate of drug-likeness (QED) is 0.659. The highest BCUT2D eigenvalue weighted by Gasteiger charge is 2.13. The number of aromatic nitrogens is 3. The molecule has 7 nitrogen and oxygen atoms in total. The zero-order valence-corrected chi connectivity index (χ0v) is 16.2. The minimum Gasteiger partial charge on any atom is -0.466 e. The number of hydrogen-bond acceptors (Lipinski definition) is 6. The second-order valence-electron chi connectivity index (χ2n) is 5.97. The molecule has 3 aromatic rings. The molecule has 0 spiro atoms. The summed E-state index contributed by atoms with van der Waals surface area (Å²) in [5.74, 6) is -0.603. The summed E-state index contributed by atoms with van der Waals surface area (Å²) in [5.41, 5.74) is 3.80. The van der Waals surface area contributed by atoms with Crippen LogP contribution < -0.4 is 5.32 Å². The van der Waals surface area contributed by atoms with Gasteiger partial charge in [-0.3, -0.25) is 14.9 Å². The Morgan fingerprint density at radius 2 is 2.07 bits per heavy atom. The number of ether oxygens (including phenoxy) is 1. The van der Waals surface area contributed by atoms with E-state index in [4.69, 9.17) is 4.74 Å². The van der Waals surface area contributed by atoms with E-state index in [1.165, 1.54) is 11.3 Å². The van der Waals surface area contributed by atoms with Gasteiger partial charge in [0.25, 0.3) is 5.91 Å². The lowest BCUT2D eigenvalue weighted by Gasteiger charge is -2.07. The molecule has 140 valence electrons. The van der Waals surface area contributed by atoms with E-state index in [1.54, 1.807) is 29.1 Å². The number of hydrogen-bond donors (Lipinski definition) is 1. The van der Waals surface area contributed by atoms with Crippen LogP contribution in [-0.2, 0) is 16.0 Å². The fraction of sp³-hybridized carbons (Fsp3) is 0.263. The largest absolute Gasteiger partial charge is 0.466 e. The first-order valence-corrected chi connectivity index (χ1v) is 9.39. The van der Waals surface area contributed by atoms with Gasteiger partial charge in [0.2, 0.25) is 0 Å². The summed E-state index contributed by atoms with van der Waals surface area (Å²) >= 11 is 1.27. The molecule has 1 N–H and O–H groups in total. The number of carbonyl (C=O) groups is 2. The number of nitrogens with one attached hydrogen (secondary N) is 1. The monoisotopic (exact) mass is 384 g/mol. The first-order chi connectivity index (χ1) is 13.0. The predicted octanol–water partition coefficient (Wildman–Crippen LogP) is 3.30. The SMILES string of the molecule is CCOC(=O)Cc1csc(NC(=O)c2cccc(-n3nc(C)cc3C)c2)n1. The molecular weight excluding hydrogens is 364 g/mol. The van der Waals surface area contributed by atoms with Crippen molar-refractivity contribution >= 4 is 28.3 Å². The van der Waals surface area contributed by atoms with Gasteiger partial charge in [-0.25, -0.2) is 9.67 Å². The van der Waals surface area contributed by atoms with Gasteiger partial charge in [-0.2, -0.15) is 5.10 Å². The van der Waals surface area contributed by atoms with Crippen LogP contribution in [0.3, 0.4) is 0 Å². The zero-order chi connectivity index (χ0) is 19.4. The van der Waals surface area contributed by atoms with E-state index in [0.717, 1.165) is 17.1 Å². The number of carbonyl (C=O) groups excluding carboxylic acids is 2. The Morgan fingerprint density at radius 3 is 2.78 bits per heavy atom. The summed E-state index contributed by atoms with van der Waals surface area (Å²) in [6.07, 6.45) is 0.0909. The topological polar surface area (TPSA) is 86.1 Å². The maximum Gasteiger partial charge on any atom is 0.311 e. The molecule has 0 bridgehead atoms. The van der Waals surface area contributed by atoms with Crippen LogP contribution >= 0.6 is 11.3 Å². The van der Waals surface area contributed by atoms with E-state index in [0.29, 0.717) is 23.0 Å². The molecule has 8 heteroatoms. The van der Waals surface area contributed by atoms with Crippen LogP contribution in [0.2, 0.25) is 0 Å². The summed E-state index contributed by atoms with van der Waals surface area (Å²) < 4.78 is 6.70. The molecule has 0 aliphatic carbocycles. The second-order valence-corrected chi connectivity index (χ2v) is 6.83. The molecule has 2 heterocycles. The molecule has 0 aliphatic heterocycles. The van der Waals surface area contributed by atoms with Crippen molar-refractivity contribution in [3.05, 3.63) is 58.4 Å². The second kappa shape index (κ2) is 8.13. The third-order valence-electron chi connectivity index (χ3n) is 3.77. The average molecular weight is 384 g/mol. The number of nitrogens with zero attached hydrogens (tertiary/aromatic N) is 3. The highest BCUT2D eigenvalue weighted by Crippen LogP contribution is 2.19. The maximum atomic E-state index is 12.6. The van der Waals surface area contributed by atoms with Crippen molar-refractivity contribution < 1.29 is 14.3 Å². The minimum absolute atomic E-state index is 0.0909. The standard InChI is InChI=1S/C19H20N4O3S/c1-4-26-17(24)10-15-11-27-19(20-15)21-18(25)14-6-5-7-16(9-14)23-13(3)8-12(2)22-23/h5-9,11H,4,10H2,1-3H3,(H,20,21,25). The van der Waals surface area contributed by atoms with Crippen LogP contribution in [0.1, 0.15) is 34.4 Å². The van der Waals surface area contributed by atoms with E-state index < -0.39 is 0 Å². The first-order valence-electron chi connectivity index (χ1n) is 8.51. The number of esters is 1. The van der Waals surface area contributed by atoms with Crippen molar-refractivity contribution in [2.24, 2.45) is 0 Å². The van der Waals surface area contributed by atoms with Crippen molar-refractivity contribution in [2.75, 3.05) is 11.9 Å². The van der Waals surface area contributed by atoms with Crippen LogP contribution in [0, 0.1) is 13.8 Å². The number of benzene rings is 1. The molecule has 0 fully saturated rings. The number of thiazole rings is 1. The fourth-order valence-corrected chi connectivity index (χ4v) is 3.35. The molecule has 0 unspecified atom stereocenters. The fourth-order valence-electron chi connectivity index (χ4n) is 2.64. The molecule has 0 saturated heterocycles. The van der Waals surface area contributed by atoms with Gasteiger partial charge in [-0.05, 0) is 45.0 Å². The van der Waals surface area contributed by atoms with Gasteiger partial charge in [-0.1, -0.05) is 6.07 Å². The molecular formula is C19H20N4O3S. The third-order valence-corrected chi connectivity index (χ3v) is 4.57. The van der Waals surface area contributed by atoms with E-state index in [-0.39, 0.29) is 18.3 Å². The number of anilines is 1. The van der Waals surface area contributed by atoms with Crippen molar-refractivity contribution in [1.29, 1.82) is 0 Å². The van der Waals surface area contributed by atoms with Gasteiger partial charge in [0.05, 0.1) is 30.1 Å². The van der Waals surface area contributed by atoms with E-state index >= 15 is 0 Å². The van der Waals surface area contributed by atoms with E-state index in [9.17, 15) is 9.59 Å². The molecule has 3 rings (SSSR count). The lowest BCUT2D eigenvalue weighted by molar-refractivity contribution is -0.142. The highest BCUT2D eigenvalue weighted by molar-refractivity contribution is 7.14. The van der Waals surface area contributed by atoms with Crippen LogP contribution in [0.25, 0.3) is 5.69 Å². The van der Waals surface area contributed by atoms with Gasteiger partial charge >= 0.3 is 5.97 Å². The Kier molecular flexibility index (Phi) is 5.66. The molecule has 0 saturated carbocycles. The van der Waals surface area contributed by atoms with Crippen LogP contribution in [0.4, 0.5) is 5.13 Å². The molecule has 0 radical (unpaired) electrons.